The fourth-order valence-corrected chi connectivity index (χ4v) is 4.20. The van der Waals surface area contributed by atoms with Crippen LogP contribution in [-0.2, 0) is 10.0 Å². The quantitative estimate of drug-likeness (QED) is 0.689. The molecule has 21 heavy (non-hydrogen) atoms. The van der Waals surface area contributed by atoms with E-state index in [1.165, 1.54) is 0 Å². The van der Waals surface area contributed by atoms with Crippen molar-refractivity contribution in [2.45, 2.75) is 36.6 Å². The van der Waals surface area contributed by atoms with Crippen molar-refractivity contribution in [3.63, 3.8) is 0 Å². The predicted molar refractivity (Wildman–Crippen MR) is 82.3 cm³/mol. The minimum absolute atomic E-state index is 0.211. The number of sulfonamides is 1. The van der Waals surface area contributed by atoms with Crippen LogP contribution in [0.4, 0.5) is 0 Å². The lowest BCUT2D eigenvalue weighted by Gasteiger charge is -2.21. The maximum absolute atomic E-state index is 12.8. The van der Waals surface area contributed by atoms with Gasteiger partial charge in [0.25, 0.3) is 0 Å². The lowest BCUT2D eigenvalue weighted by molar-refractivity contribution is 0.342. The molecule has 2 fully saturated rings. The molecule has 2 aliphatic rings. The van der Waals surface area contributed by atoms with Crippen LogP contribution in [0, 0.1) is 5.92 Å². The molecule has 0 spiro atoms. The zero-order valence-electron chi connectivity index (χ0n) is 11.9. The molecule has 3 rings (SSSR count). The molecule has 1 aromatic rings. The van der Waals surface area contributed by atoms with Crippen LogP contribution in [0.5, 0.6) is 5.75 Å². The molecule has 0 radical (unpaired) electrons. The normalized spacial score (nSPS) is 19.0. The summed E-state index contributed by atoms with van der Waals surface area (Å²) in [4.78, 5) is 0.355. The number of hydrogen-bond acceptors (Lipinski definition) is 3. The third-order valence-electron chi connectivity index (χ3n) is 3.87. The summed E-state index contributed by atoms with van der Waals surface area (Å²) in [5.41, 5.74) is 0. The van der Waals surface area contributed by atoms with E-state index in [4.69, 9.17) is 16.3 Å². The highest BCUT2D eigenvalue weighted by Gasteiger charge is 2.41. The van der Waals surface area contributed by atoms with Gasteiger partial charge in [-0.25, -0.2) is 8.42 Å². The van der Waals surface area contributed by atoms with Crippen molar-refractivity contribution in [2.24, 2.45) is 5.92 Å². The molecule has 0 saturated heterocycles. The molecule has 2 aliphatic carbocycles. The van der Waals surface area contributed by atoms with E-state index in [0.717, 1.165) is 25.7 Å². The summed E-state index contributed by atoms with van der Waals surface area (Å²) in [5.74, 6) is 1.62. The SMILES string of the molecule is O=S(=O)(c1ccc(OCCCl)cc1)N(CC1CC1)C1CC1. The zero-order valence-corrected chi connectivity index (χ0v) is 13.4. The highest BCUT2D eigenvalue weighted by Crippen LogP contribution is 2.38. The highest BCUT2D eigenvalue weighted by atomic mass is 35.5. The number of nitrogens with zero attached hydrogens (tertiary/aromatic N) is 1. The lowest BCUT2D eigenvalue weighted by Crippen LogP contribution is -2.34. The Hall–Kier alpha value is -0.780. The van der Waals surface area contributed by atoms with E-state index in [2.05, 4.69) is 0 Å². The summed E-state index contributed by atoms with van der Waals surface area (Å²) in [6, 6.07) is 6.86. The average Bonchev–Trinajstić information content (AvgIpc) is 3.36. The molecule has 0 heterocycles. The van der Waals surface area contributed by atoms with E-state index in [1.807, 2.05) is 0 Å². The molecule has 0 atom stereocenters. The van der Waals surface area contributed by atoms with E-state index >= 15 is 0 Å². The van der Waals surface area contributed by atoms with Crippen LogP contribution in [-0.4, -0.2) is 37.8 Å². The first-order valence-corrected chi connectivity index (χ1v) is 9.39. The van der Waals surface area contributed by atoms with Crippen molar-refractivity contribution in [3.8, 4) is 5.75 Å². The van der Waals surface area contributed by atoms with Crippen molar-refractivity contribution in [1.29, 1.82) is 0 Å². The molecule has 0 aromatic heterocycles. The molecule has 4 nitrogen and oxygen atoms in total. The molecule has 116 valence electrons. The van der Waals surface area contributed by atoms with E-state index < -0.39 is 10.0 Å². The summed E-state index contributed by atoms with van der Waals surface area (Å²) in [5, 5.41) is 0. The summed E-state index contributed by atoms with van der Waals surface area (Å²) in [6.45, 7) is 1.10. The first kappa shape index (κ1) is 15.1. The monoisotopic (exact) mass is 329 g/mol. The van der Waals surface area contributed by atoms with Gasteiger partial charge in [-0.15, -0.1) is 11.6 Å². The lowest BCUT2D eigenvalue weighted by atomic mass is 10.3. The van der Waals surface area contributed by atoms with Crippen molar-refractivity contribution in [2.75, 3.05) is 19.0 Å². The Labute approximate surface area is 131 Å². The standard InChI is InChI=1S/C15H20ClNO3S/c16-9-10-20-14-5-7-15(8-6-14)21(18,19)17(13-3-4-13)11-12-1-2-12/h5-8,12-13H,1-4,9-11H2. The second-order valence-corrected chi connectivity index (χ2v) is 8.03. The molecule has 0 unspecified atom stereocenters. The Morgan fingerprint density at radius 2 is 1.81 bits per heavy atom. The fourth-order valence-electron chi connectivity index (χ4n) is 2.36. The third-order valence-corrected chi connectivity index (χ3v) is 5.95. The second-order valence-electron chi connectivity index (χ2n) is 5.76. The zero-order chi connectivity index (χ0) is 14.9. The molecule has 0 N–H and O–H groups in total. The van der Waals surface area contributed by atoms with Gasteiger partial charge in [0.15, 0.2) is 0 Å². The first-order chi connectivity index (χ1) is 10.1. The number of hydrogen-bond donors (Lipinski definition) is 0. The molecule has 6 heteroatoms. The van der Waals surface area contributed by atoms with Crippen LogP contribution in [0.1, 0.15) is 25.7 Å². The molecular weight excluding hydrogens is 310 g/mol. The molecule has 0 aliphatic heterocycles. The molecule has 0 amide bonds. The minimum Gasteiger partial charge on any atom is -0.492 e. The number of rotatable bonds is 8. The summed E-state index contributed by atoms with van der Waals surface area (Å²) in [6.07, 6.45) is 4.29. The van der Waals surface area contributed by atoms with Gasteiger partial charge in [0.1, 0.15) is 12.4 Å². The second kappa shape index (κ2) is 6.15. The van der Waals surface area contributed by atoms with Crippen LogP contribution in [0.2, 0.25) is 0 Å². The molecular formula is C15H20ClNO3S. The van der Waals surface area contributed by atoms with Crippen molar-refractivity contribution >= 4 is 21.6 Å². The van der Waals surface area contributed by atoms with Gasteiger partial charge in [0, 0.05) is 12.6 Å². The molecule has 0 bridgehead atoms. The predicted octanol–water partition coefficient (Wildman–Crippen LogP) is 2.87. The van der Waals surface area contributed by atoms with Crippen molar-refractivity contribution in [3.05, 3.63) is 24.3 Å². The molecule has 2 saturated carbocycles. The van der Waals surface area contributed by atoms with Gasteiger partial charge in [-0.1, -0.05) is 0 Å². The number of ether oxygens (including phenoxy) is 1. The third kappa shape index (κ3) is 3.71. The minimum atomic E-state index is -3.38. The van der Waals surface area contributed by atoms with Gasteiger partial charge in [-0.05, 0) is 55.9 Å². The van der Waals surface area contributed by atoms with Gasteiger partial charge in [0.05, 0.1) is 10.8 Å². The maximum Gasteiger partial charge on any atom is 0.243 e. The van der Waals surface area contributed by atoms with Crippen LogP contribution < -0.4 is 4.74 Å². The first-order valence-electron chi connectivity index (χ1n) is 7.42. The Morgan fingerprint density at radius 3 is 2.33 bits per heavy atom. The van der Waals surface area contributed by atoms with E-state index in [1.54, 1.807) is 28.6 Å². The number of benzene rings is 1. The van der Waals surface area contributed by atoms with E-state index in [0.29, 0.717) is 35.6 Å². The van der Waals surface area contributed by atoms with Gasteiger partial charge in [-0.3, -0.25) is 0 Å². The smallest absolute Gasteiger partial charge is 0.243 e. The van der Waals surface area contributed by atoms with Gasteiger partial charge < -0.3 is 4.74 Å². The highest BCUT2D eigenvalue weighted by molar-refractivity contribution is 7.89. The number of halogens is 1. The van der Waals surface area contributed by atoms with Gasteiger partial charge in [0.2, 0.25) is 10.0 Å². The van der Waals surface area contributed by atoms with E-state index in [9.17, 15) is 8.42 Å². The maximum atomic E-state index is 12.8. The summed E-state index contributed by atoms with van der Waals surface area (Å²) in [7, 11) is -3.38. The average molecular weight is 330 g/mol. The van der Waals surface area contributed by atoms with Crippen molar-refractivity contribution < 1.29 is 13.2 Å². The Kier molecular flexibility index (Phi) is 4.43. The van der Waals surface area contributed by atoms with Crippen LogP contribution in [0.25, 0.3) is 0 Å². The van der Waals surface area contributed by atoms with Crippen LogP contribution in [0.3, 0.4) is 0 Å². The van der Waals surface area contributed by atoms with E-state index in [-0.39, 0.29) is 6.04 Å². The van der Waals surface area contributed by atoms with Crippen LogP contribution in [0.15, 0.2) is 29.2 Å². The van der Waals surface area contributed by atoms with Gasteiger partial charge >= 0.3 is 0 Å². The number of alkyl halides is 1. The van der Waals surface area contributed by atoms with Crippen molar-refractivity contribution in [1.82, 2.24) is 4.31 Å². The summed E-state index contributed by atoms with van der Waals surface area (Å²) >= 11 is 5.57. The molecule has 1 aromatic carbocycles. The Bertz CT molecular complexity index is 579. The topological polar surface area (TPSA) is 46.6 Å². The summed E-state index contributed by atoms with van der Waals surface area (Å²) < 4.78 is 32.6. The van der Waals surface area contributed by atoms with Gasteiger partial charge in [-0.2, -0.15) is 4.31 Å². The fraction of sp³-hybridized carbons (Fsp3) is 0.600. The largest absolute Gasteiger partial charge is 0.492 e. The van der Waals surface area contributed by atoms with Crippen LogP contribution >= 0.6 is 11.6 Å². The Morgan fingerprint density at radius 1 is 1.14 bits per heavy atom. The Balaban J connectivity index is 1.75.